The van der Waals surface area contributed by atoms with Gasteiger partial charge in [0.15, 0.2) is 0 Å². The Hall–Kier alpha value is -2.30. The molecule has 3 rings (SSSR count). The van der Waals surface area contributed by atoms with Gasteiger partial charge >= 0.3 is 5.97 Å². The average Bonchev–Trinajstić information content (AvgIpc) is 3.05. The Kier molecular flexibility index (Phi) is 3.64. The van der Waals surface area contributed by atoms with E-state index in [0.717, 1.165) is 28.6 Å². The third-order valence-corrected chi connectivity index (χ3v) is 4.71. The second-order valence-corrected chi connectivity index (χ2v) is 6.12. The second kappa shape index (κ2) is 5.48. The van der Waals surface area contributed by atoms with Crippen molar-refractivity contribution in [2.45, 2.75) is 39.2 Å². The number of hydrogen-bond donors (Lipinski definition) is 3. The zero-order chi connectivity index (χ0) is 15.9. The lowest BCUT2D eigenvalue weighted by atomic mass is 10.1. The van der Waals surface area contributed by atoms with Crippen molar-refractivity contribution in [3.8, 4) is 0 Å². The fourth-order valence-electron chi connectivity index (χ4n) is 3.27. The Morgan fingerprint density at radius 1 is 1.27 bits per heavy atom. The van der Waals surface area contributed by atoms with Crippen LogP contribution in [0.2, 0.25) is 0 Å². The minimum Gasteiger partial charge on any atom is -0.481 e. The maximum atomic E-state index is 12.5. The van der Waals surface area contributed by atoms with Crippen molar-refractivity contribution in [2.24, 2.45) is 5.92 Å². The van der Waals surface area contributed by atoms with Crippen molar-refractivity contribution in [3.05, 3.63) is 35.0 Å². The molecule has 2 atom stereocenters. The number of rotatable bonds is 3. The summed E-state index contributed by atoms with van der Waals surface area (Å²) >= 11 is 0. The Morgan fingerprint density at radius 3 is 2.73 bits per heavy atom. The Morgan fingerprint density at radius 2 is 2.05 bits per heavy atom. The molecule has 0 radical (unpaired) electrons. The predicted molar refractivity (Wildman–Crippen MR) is 84.0 cm³/mol. The number of aliphatic carboxylic acids is 1. The van der Waals surface area contributed by atoms with E-state index in [9.17, 15) is 9.59 Å². The van der Waals surface area contributed by atoms with E-state index in [2.05, 4.69) is 10.3 Å². The van der Waals surface area contributed by atoms with Gasteiger partial charge in [0.2, 0.25) is 0 Å². The van der Waals surface area contributed by atoms with Gasteiger partial charge in [-0.2, -0.15) is 0 Å². The lowest BCUT2D eigenvalue weighted by molar-refractivity contribution is -0.141. The fourth-order valence-corrected chi connectivity index (χ4v) is 3.27. The summed E-state index contributed by atoms with van der Waals surface area (Å²) in [4.78, 5) is 26.8. The first-order valence-electron chi connectivity index (χ1n) is 7.59. The van der Waals surface area contributed by atoms with Gasteiger partial charge in [-0.05, 0) is 44.7 Å². The molecule has 1 heterocycles. The molecule has 2 aromatic rings. The first kappa shape index (κ1) is 14.6. The summed E-state index contributed by atoms with van der Waals surface area (Å²) in [5.41, 5.74) is 3.67. The first-order valence-corrected chi connectivity index (χ1v) is 7.59. The summed E-state index contributed by atoms with van der Waals surface area (Å²) in [5, 5.41) is 13.1. The number of para-hydroxylation sites is 1. The van der Waals surface area contributed by atoms with E-state index in [1.54, 1.807) is 6.07 Å². The molecule has 22 heavy (non-hydrogen) atoms. The van der Waals surface area contributed by atoms with Crippen molar-refractivity contribution in [1.82, 2.24) is 10.3 Å². The normalized spacial score (nSPS) is 21.2. The van der Waals surface area contributed by atoms with Crippen LogP contribution in [0.4, 0.5) is 0 Å². The quantitative estimate of drug-likeness (QED) is 0.815. The molecular weight excluding hydrogens is 280 g/mol. The molecule has 1 saturated carbocycles. The Labute approximate surface area is 128 Å². The van der Waals surface area contributed by atoms with Gasteiger partial charge in [-0.15, -0.1) is 0 Å². The van der Waals surface area contributed by atoms with Crippen LogP contribution in [0.3, 0.4) is 0 Å². The van der Waals surface area contributed by atoms with Crippen LogP contribution in [0.25, 0.3) is 10.9 Å². The summed E-state index contributed by atoms with van der Waals surface area (Å²) < 4.78 is 0. The van der Waals surface area contributed by atoms with Gasteiger partial charge < -0.3 is 15.4 Å². The van der Waals surface area contributed by atoms with Crippen molar-refractivity contribution in [1.29, 1.82) is 0 Å². The molecule has 5 nitrogen and oxygen atoms in total. The van der Waals surface area contributed by atoms with Crippen LogP contribution in [0, 0.1) is 19.8 Å². The number of carboxylic acid groups (broad SMARTS) is 1. The first-order chi connectivity index (χ1) is 10.5. The highest BCUT2D eigenvalue weighted by atomic mass is 16.4. The summed E-state index contributed by atoms with van der Waals surface area (Å²) in [6.45, 7) is 4.02. The number of hydrogen-bond acceptors (Lipinski definition) is 2. The third-order valence-electron chi connectivity index (χ3n) is 4.71. The lowest BCUT2D eigenvalue weighted by Crippen LogP contribution is -2.33. The zero-order valence-electron chi connectivity index (χ0n) is 12.8. The molecule has 0 bridgehead atoms. The van der Waals surface area contributed by atoms with E-state index in [1.807, 2.05) is 26.0 Å². The number of aromatic amines is 1. The molecule has 1 aromatic carbocycles. The topological polar surface area (TPSA) is 82.2 Å². The van der Waals surface area contributed by atoms with E-state index >= 15 is 0 Å². The summed E-state index contributed by atoms with van der Waals surface area (Å²) in [7, 11) is 0. The number of amides is 1. The van der Waals surface area contributed by atoms with Crippen LogP contribution < -0.4 is 5.32 Å². The van der Waals surface area contributed by atoms with Crippen LogP contribution in [-0.2, 0) is 4.79 Å². The number of carboxylic acids is 1. The largest absolute Gasteiger partial charge is 0.481 e. The summed E-state index contributed by atoms with van der Waals surface area (Å²) in [5.74, 6) is -1.24. The minimum atomic E-state index is -0.769. The van der Waals surface area contributed by atoms with E-state index in [4.69, 9.17) is 5.11 Å². The van der Waals surface area contributed by atoms with E-state index in [-0.39, 0.29) is 17.9 Å². The number of benzene rings is 1. The van der Waals surface area contributed by atoms with Crippen LogP contribution in [0.5, 0.6) is 0 Å². The predicted octanol–water partition coefficient (Wildman–Crippen LogP) is 2.77. The zero-order valence-corrected chi connectivity index (χ0v) is 12.8. The molecule has 1 aliphatic rings. The van der Waals surface area contributed by atoms with Crippen molar-refractivity contribution < 1.29 is 14.7 Å². The van der Waals surface area contributed by atoms with E-state index in [1.165, 1.54) is 0 Å². The van der Waals surface area contributed by atoms with Gasteiger partial charge in [-0.25, -0.2) is 0 Å². The SMILES string of the molecule is Cc1[nH]c2c(C(=O)N[C@@H]3CC[C@H](C(=O)O)C3)cccc2c1C. The molecule has 0 saturated heterocycles. The van der Waals surface area contributed by atoms with Crippen molar-refractivity contribution in [3.63, 3.8) is 0 Å². The number of carbonyl (C=O) groups is 2. The van der Waals surface area contributed by atoms with Crippen LogP contribution in [-0.4, -0.2) is 28.0 Å². The highest BCUT2D eigenvalue weighted by Gasteiger charge is 2.31. The smallest absolute Gasteiger partial charge is 0.306 e. The number of fused-ring (bicyclic) bond motifs is 1. The van der Waals surface area contributed by atoms with Gasteiger partial charge in [0, 0.05) is 17.1 Å². The van der Waals surface area contributed by atoms with E-state index < -0.39 is 5.97 Å². The van der Waals surface area contributed by atoms with Gasteiger partial charge in [0.1, 0.15) is 0 Å². The number of nitrogens with one attached hydrogen (secondary N) is 2. The Bertz CT molecular complexity index is 748. The molecule has 0 aliphatic heterocycles. The van der Waals surface area contributed by atoms with Crippen molar-refractivity contribution >= 4 is 22.8 Å². The molecule has 1 amide bonds. The fraction of sp³-hybridized carbons (Fsp3) is 0.412. The number of aryl methyl sites for hydroxylation is 2. The monoisotopic (exact) mass is 300 g/mol. The molecule has 116 valence electrons. The molecule has 1 aliphatic carbocycles. The maximum absolute atomic E-state index is 12.5. The molecule has 1 aromatic heterocycles. The molecule has 3 N–H and O–H groups in total. The van der Waals surface area contributed by atoms with Crippen LogP contribution in [0.15, 0.2) is 18.2 Å². The van der Waals surface area contributed by atoms with Gasteiger partial charge in [-0.3, -0.25) is 9.59 Å². The number of aromatic nitrogens is 1. The van der Waals surface area contributed by atoms with Crippen molar-refractivity contribution in [2.75, 3.05) is 0 Å². The molecule has 5 heteroatoms. The Balaban J connectivity index is 1.81. The minimum absolute atomic E-state index is 0.0546. The van der Waals surface area contributed by atoms with Gasteiger partial charge in [0.25, 0.3) is 5.91 Å². The summed E-state index contributed by atoms with van der Waals surface area (Å²) in [6.07, 6.45) is 1.87. The van der Waals surface area contributed by atoms with Crippen LogP contribution >= 0.6 is 0 Å². The number of carbonyl (C=O) groups excluding carboxylic acids is 1. The molecule has 1 fully saturated rings. The molecule has 0 spiro atoms. The standard InChI is InChI=1S/C17H20N2O3/c1-9-10(2)18-15-13(9)4-3-5-14(15)16(20)19-12-7-6-11(8-12)17(21)22/h3-5,11-12,18H,6-8H2,1-2H3,(H,19,20)(H,21,22)/t11-,12+/m0/s1. The molecular formula is C17H20N2O3. The highest BCUT2D eigenvalue weighted by Crippen LogP contribution is 2.27. The van der Waals surface area contributed by atoms with Crippen LogP contribution in [0.1, 0.15) is 40.9 Å². The van der Waals surface area contributed by atoms with Gasteiger partial charge in [0.05, 0.1) is 17.0 Å². The number of H-pyrrole nitrogens is 1. The lowest BCUT2D eigenvalue weighted by Gasteiger charge is -2.13. The molecule has 0 unspecified atom stereocenters. The average molecular weight is 300 g/mol. The van der Waals surface area contributed by atoms with Gasteiger partial charge in [-0.1, -0.05) is 12.1 Å². The van der Waals surface area contributed by atoms with E-state index in [0.29, 0.717) is 18.4 Å². The summed E-state index contributed by atoms with van der Waals surface area (Å²) in [6, 6.07) is 5.63. The second-order valence-electron chi connectivity index (χ2n) is 6.12. The highest BCUT2D eigenvalue weighted by molar-refractivity contribution is 6.06. The third kappa shape index (κ3) is 2.47. The maximum Gasteiger partial charge on any atom is 0.306 e.